The molecule has 49 heavy (non-hydrogen) atoms. The predicted octanol–water partition coefficient (Wildman–Crippen LogP) is 13.2. The zero-order valence-electron chi connectivity index (χ0n) is 33.1. The molecule has 0 radical (unpaired) electrons. The molecule has 0 bridgehead atoms. The van der Waals surface area contributed by atoms with Crippen LogP contribution >= 0.6 is 0 Å². The van der Waals surface area contributed by atoms with Crippen LogP contribution in [-0.2, 0) is 28.6 Å². The largest absolute Gasteiger partial charge is 0.462 e. The van der Waals surface area contributed by atoms with Crippen LogP contribution in [0.25, 0.3) is 0 Å². The fraction of sp³-hybridized carbons (Fsp3) is 0.930. The second kappa shape index (κ2) is 37.7. The Morgan fingerprint density at radius 2 is 0.673 bits per heavy atom. The van der Waals surface area contributed by atoms with Gasteiger partial charge in [-0.1, -0.05) is 195 Å². The van der Waals surface area contributed by atoms with Crippen LogP contribution in [-0.4, -0.2) is 37.2 Å². The van der Waals surface area contributed by atoms with E-state index >= 15 is 0 Å². The van der Waals surface area contributed by atoms with Crippen LogP contribution in [0.4, 0.5) is 0 Å². The molecule has 1 atom stereocenters. The zero-order chi connectivity index (χ0) is 36.0. The van der Waals surface area contributed by atoms with Crippen molar-refractivity contribution >= 4 is 17.9 Å². The molecule has 0 saturated heterocycles. The minimum Gasteiger partial charge on any atom is -0.462 e. The van der Waals surface area contributed by atoms with E-state index in [1.54, 1.807) is 0 Å². The summed E-state index contributed by atoms with van der Waals surface area (Å²) in [5, 5.41) is 0. The first-order chi connectivity index (χ1) is 23.9. The Labute approximate surface area is 304 Å². The molecular formula is C43H82O6. The molecule has 0 aliphatic carbocycles. The summed E-state index contributed by atoms with van der Waals surface area (Å²) in [6, 6.07) is 0. The normalized spacial score (nSPS) is 11.9. The summed E-state index contributed by atoms with van der Waals surface area (Å²) >= 11 is 0. The predicted molar refractivity (Wildman–Crippen MR) is 206 cm³/mol. The average Bonchev–Trinajstić information content (AvgIpc) is 3.08. The Bertz CT molecular complexity index is 736. The number of esters is 3. The maximum atomic E-state index is 12.6. The molecule has 0 spiro atoms. The molecule has 0 rings (SSSR count). The fourth-order valence-corrected chi connectivity index (χ4v) is 6.27. The summed E-state index contributed by atoms with van der Waals surface area (Å²) in [6.45, 7) is 8.90. The second-order valence-corrected chi connectivity index (χ2v) is 15.1. The highest BCUT2D eigenvalue weighted by molar-refractivity contribution is 5.71. The molecule has 0 aromatic rings. The molecule has 0 aliphatic rings. The molecule has 290 valence electrons. The number of hydrogen-bond donors (Lipinski definition) is 0. The third kappa shape index (κ3) is 37.5. The Kier molecular flexibility index (Phi) is 36.4. The van der Waals surface area contributed by atoms with Crippen molar-refractivity contribution in [2.45, 2.75) is 239 Å². The Morgan fingerprint density at radius 1 is 0.388 bits per heavy atom. The lowest BCUT2D eigenvalue weighted by molar-refractivity contribution is -0.167. The van der Waals surface area contributed by atoms with E-state index in [2.05, 4.69) is 27.7 Å². The first-order valence-electron chi connectivity index (χ1n) is 21.4. The molecule has 0 fully saturated rings. The van der Waals surface area contributed by atoms with Gasteiger partial charge in [-0.2, -0.15) is 0 Å². The number of rotatable bonds is 38. The Hall–Kier alpha value is -1.59. The number of hydrogen-bond acceptors (Lipinski definition) is 6. The topological polar surface area (TPSA) is 78.9 Å². The number of carbonyl (C=O) groups is 3. The third-order valence-electron chi connectivity index (χ3n) is 9.54. The standard InChI is InChI=1S/C43H82O6/c1-5-7-9-11-13-15-17-18-20-21-26-30-34-41(44)47-37-40(38-48-42(45)35-31-27-24-23-25-29-33-39(3)4)49-43(46)36-32-28-22-19-16-14-12-10-8-6-2/h39-40H,5-38H2,1-4H3/t40-/m0/s1. The summed E-state index contributed by atoms with van der Waals surface area (Å²) < 4.78 is 16.6. The number of carbonyl (C=O) groups excluding carboxylic acids is 3. The van der Waals surface area contributed by atoms with Crippen LogP contribution < -0.4 is 0 Å². The van der Waals surface area contributed by atoms with Crippen LogP contribution in [0.2, 0.25) is 0 Å². The van der Waals surface area contributed by atoms with Gasteiger partial charge in [-0.05, 0) is 25.2 Å². The fourth-order valence-electron chi connectivity index (χ4n) is 6.27. The Balaban J connectivity index is 4.33. The zero-order valence-corrected chi connectivity index (χ0v) is 33.1. The first kappa shape index (κ1) is 47.4. The molecule has 6 nitrogen and oxygen atoms in total. The van der Waals surface area contributed by atoms with E-state index in [4.69, 9.17) is 14.2 Å². The van der Waals surface area contributed by atoms with Crippen molar-refractivity contribution in [2.75, 3.05) is 13.2 Å². The molecular weight excluding hydrogens is 612 g/mol. The van der Waals surface area contributed by atoms with Gasteiger partial charge >= 0.3 is 17.9 Å². The van der Waals surface area contributed by atoms with Crippen molar-refractivity contribution in [3.63, 3.8) is 0 Å². The van der Waals surface area contributed by atoms with E-state index in [1.807, 2.05) is 0 Å². The maximum absolute atomic E-state index is 12.6. The molecule has 0 saturated carbocycles. The molecule has 0 aliphatic heterocycles. The Morgan fingerprint density at radius 3 is 1.00 bits per heavy atom. The molecule has 0 amide bonds. The van der Waals surface area contributed by atoms with Crippen molar-refractivity contribution in [1.82, 2.24) is 0 Å². The lowest BCUT2D eigenvalue weighted by Gasteiger charge is -2.18. The summed E-state index contributed by atoms with van der Waals surface area (Å²) in [4.78, 5) is 37.5. The van der Waals surface area contributed by atoms with Gasteiger partial charge in [0.1, 0.15) is 13.2 Å². The molecule has 0 N–H and O–H groups in total. The van der Waals surface area contributed by atoms with Crippen molar-refractivity contribution in [3.8, 4) is 0 Å². The molecule has 0 aromatic carbocycles. The van der Waals surface area contributed by atoms with Gasteiger partial charge in [0.05, 0.1) is 0 Å². The summed E-state index contributed by atoms with van der Waals surface area (Å²) in [5.74, 6) is -0.101. The van der Waals surface area contributed by atoms with Gasteiger partial charge in [-0.25, -0.2) is 0 Å². The smallest absolute Gasteiger partial charge is 0.306 e. The highest BCUT2D eigenvalue weighted by Gasteiger charge is 2.19. The first-order valence-corrected chi connectivity index (χ1v) is 21.4. The van der Waals surface area contributed by atoms with E-state index in [0.29, 0.717) is 19.3 Å². The number of ether oxygens (including phenoxy) is 3. The van der Waals surface area contributed by atoms with E-state index in [0.717, 1.165) is 63.7 Å². The van der Waals surface area contributed by atoms with Crippen molar-refractivity contribution in [1.29, 1.82) is 0 Å². The number of unbranched alkanes of at least 4 members (excludes halogenated alkanes) is 25. The minimum absolute atomic E-state index is 0.0650. The highest BCUT2D eigenvalue weighted by Crippen LogP contribution is 2.15. The summed E-state index contributed by atoms with van der Waals surface area (Å²) in [6.07, 6.45) is 35.2. The van der Waals surface area contributed by atoms with E-state index < -0.39 is 6.10 Å². The minimum atomic E-state index is -0.758. The van der Waals surface area contributed by atoms with Gasteiger partial charge in [0.15, 0.2) is 6.10 Å². The van der Waals surface area contributed by atoms with Crippen molar-refractivity contribution in [2.24, 2.45) is 5.92 Å². The van der Waals surface area contributed by atoms with Gasteiger partial charge in [0.2, 0.25) is 0 Å². The van der Waals surface area contributed by atoms with Gasteiger partial charge in [-0.15, -0.1) is 0 Å². The van der Waals surface area contributed by atoms with E-state index in [-0.39, 0.29) is 31.1 Å². The molecule has 6 heteroatoms. The molecule has 0 unspecified atom stereocenters. The van der Waals surface area contributed by atoms with Crippen LogP contribution in [0, 0.1) is 5.92 Å². The SMILES string of the molecule is CCCCCCCCCCCCCCC(=O)OC[C@@H](COC(=O)CCCCCCCCC(C)C)OC(=O)CCCCCCCCCCCC. The second-order valence-electron chi connectivity index (χ2n) is 15.1. The van der Waals surface area contributed by atoms with Crippen molar-refractivity contribution < 1.29 is 28.6 Å². The van der Waals surface area contributed by atoms with Gasteiger partial charge in [0, 0.05) is 19.3 Å². The van der Waals surface area contributed by atoms with Crippen LogP contribution in [0.15, 0.2) is 0 Å². The van der Waals surface area contributed by atoms with E-state index in [1.165, 1.54) is 128 Å². The quantitative estimate of drug-likeness (QED) is 0.0364. The van der Waals surface area contributed by atoms with Crippen LogP contribution in [0.3, 0.4) is 0 Å². The maximum Gasteiger partial charge on any atom is 0.306 e. The molecule has 0 heterocycles. The van der Waals surface area contributed by atoms with Crippen molar-refractivity contribution in [3.05, 3.63) is 0 Å². The monoisotopic (exact) mass is 695 g/mol. The van der Waals surface area contributed by atoms with Gasteiger partial charge < -0.3 is 14.2 Å². The van der Waals surface area contributed by atoms with Gasteiger partial charge in [-0.3, -0.25) is 14.4 Å². The lowest BCUT2D eigenvalue weighted by Crippen LogP contribution is -2.30. The van der Waals surface area contributed by atoms with Crippen LogP contribution in [0.5, 0.6) is 0 Å². The van der Waals surface area contributed by atoms with E-state index in [9.17, 15) is 14.4 Å². The molecule has 0 aromatic heterocycles. The summed E-state index contributed by atoms with van der Waals surface area (Å²) in [7, 11) is 0. The summed E-state index contributed by atoms with van der Waals surface area (Å²) in [5.41, 5.74) is 0. The average molecular weight is 695 g/mol. The third-order valence-corrected chi connectivity index (χ3v) is 9.54. The van der Waals surface area contributed by atoms with Crippen LogP contribution in [0.1, 0.15) is 233 Å². The van der Waals surface area contributed by atoms with Gasteiger partial charge in [0.25, 0.3) is 0 Å². The lowest BCUT2D eigenvalue weighted by atomic mass is 10.0. The highest BCUT2D eigenvalue weighted by atomic mass is 16.6.